The summed E-state index contributed by atoms with van der Waals surface area (Å²) in [7, 11) is 0. The number of carboxylic acids is 3. The van der Waals surface area contributed by atoms with E-state index in [4.69, 9.17) is 0 Å². The van der Waals surface area contributed by atoms with Crippen LogP contribution in [0.3, 0.4) is 0 Å². The Morgan fingerprint density at radius 3 is 1.66 bits per heavy atom. The van der Waals surface area contributed by atoms with E-state index in [1.807, 2.05) is 0 Å². The number of carbonyl (C=O) groups excluding carboxylic acids is 3. The fraction of sp³-hybridized carbons (Fsp3) is 0.706. The standard InChI is InChI=1S/C17H30N2O7.3K/c1-5-6-7-14(20)10-18(11(2)15(21)22)8-9-19(12(3)16(23)24)13(4)17(25)26;;;/h5,11-14,20H,1,6-10H2,2-4H3,(H,21,22)(H,23,24)(H,25,26);;;/q;3*+1/p-3. The van der Waals surface area contributed by atoms with E-state index in [-0.39, 0.29) is 174 Å². The van der Waals surface area contributed by atoms with Crippen LogP contribution in [0.4, 0.5) is 0 Å². The molecule has 0 aromatic carbocycles. The molecule has 0 bridgehead atoms. The topological polar surface area (TPSA) is 147 Å². The molecule has 150 valence electrons. The average molecular weight is 489 g/mol. The molecule has 0 saturated heterocycles. The zero-order chi connectivity index (χ0) is 20.4. The maximum atomic E-state index is 11.2. The van der Waals surface area contributed by atoms with Gasteiger partial charge in [0, 0.05) is 37.8 Å². The molecule has 0 radical (unpaired) electrons. The van der Waals surface area contributed by atoms with E-state index < -0.39 is 42.1 Å². The van der Waals surface area contributed by atoms with E-state index in [2.05, 4.69) is 6.58 Å². The number of hydrogen-bond donors (Lipinski definition) is 1. The number of rotatable bonds is 14. The van der Waals surface area contributed by atoms with Crippen molar-refractivity contribution in [2.45, 2.75) is 57.8 Å². The molecule has 12 heteroatoms. The Kier molecular flexibility index (Phi) is 29.0. The van der Waals surface area contributed by atoms with Crippen molar-refractivity contribution in [3.8, 4) is 0 Å². The van der Waals surface area contributed by atoms with Gasteiger partial charge < -0.3 is 34.8 Å². The molecule has 1 N–H and O–H groups in total. The van der Waals surface area contributed by atoms with E-state index in [9.17, 15) is 34.8 Å². The smallest absolute Gasteiger partial charge is 0.548 e. The van der Waals surface area contributed by atoms with Crippen molar-refractivity contribution < 1.29 is 189 Å². The number of carbonyl (C=O) groups is 3. The third-order valence-corrected chi connectivity index (χ3v) is 4.36. The van der Waals surface area contributed by atoms with Crippen LogP contribution in [0.15, 0.2) is 12.7 Å². The van der Waals surface area contributed by atoms with Gasteiger partial charge in [0.2, 0.25) is 0 Å². The van der Waals surface area contributed by atoms with E-state index in [0.717, 1.165) is 4.90 Å². The molecule has 0 aliphatic heterocycles. The molecule has 0 aliphatic carbocycles. The minimum absolute atomic E-state index is 0. The van der Waals surface area contributed by atoms with E-state index in [1.54, 1.807) is 6.08 Å². The van der Waals surface area contributed by atoms with Crippen LogP contribution in [0, 0.1) is 0 Å². The summed E-state index contributed by atoms with van der Waals surface area (Å²) < 4.78 is 0. The molecule has 0 rings (SSSR count). The zero-order valence-electron chi connectivity index (χ0n) is 18.4. The van der Waals surface area contributed by atoms with Gasteiger partial charge in [-0.05, 0) is 33.6 Å². The Morgan fingerprint density at radius 2 is 1.31 bits per heavy atom. The number of nitrogens with zero attached hydrogens (tertiary/aromatic N) is 2. The minimum atomic E-state index is -1.45. The van der Waals surface area contributed by atoms with E-state index in [1.165, 1.54) is 25.7 Å². The van der Waals surface area contributed by atoms with Crippen molar-refractivity contribution in [3.63, 3.8) is 0 Å². The summed E-state index contributed by atoms with van der Waals surface area (Å²) in [5, 5.41) is 43.4. The van der Waals surface area contributed by atoms with Crippen molar-refractivity contribution in [1.82, 2.24) is 9.80 Å². The summed E-state index contributed by atoms with van der Waals surface area (Å²) in [6.45, 7) is 7.43. The van der Waals surface area contributed by atoms with Gasteiger partial charge in [-0.1, -0.05) is 6.08 Å². The van der Waals surface area contributed by atoms with Gasteiger partial charge in [0.15, 0.2) is 0 Å². The third kappa shape index (κ3) is 16.2. The fourth-order valence-corrected chi connectivity index (χ4v) is 2.50. The van der Waals surface area contributed by atoms with Crippen molar-refractivity contribution in [3.05, 3.63) is 12.7 Å². The fourth-order valence-electron chi connectivity index (χ4n) is 2.50. The maximum absolute atomic E-state index is 11.2. The molecule has 4 atom stereocenters. The molecule has 4 unspecified atom stereocenters. The molecule has 0 aromatic rings. The van der Waals surface area contributed by atoms with Crippen LogP contribution in [0.1, 0.15) is 33.6 Å². The van der Waals surface area contributed by atoms with Crippen LogP contribution in [0.2, 0.25) is 0 Å². The van der Waals surface area contributed by atoms with Crippen LogP contribution >= 0.6 is 0 Å². The number of hydrogen-bond acceptors (Lipinski definition) is 9. The Bertz CT molecular complexity index is 491. The van der Waals surface area contributed by atoms with Gasteiger partial charge in [0.1, 0.15) is 0 Å². The Morgan fingerprint density at radius 1 is 0.897 bits per heavy atom. The van der Waals surface area contributed by atoms with Crippen molar-refractivity contribution in [1.29, 1.82) is 0 Å². The number of allylic oxidation sites excluding steroid dienone is 1. The molecule has 29 heavy (non-hydrogen) atoms. The van der Waals surface area contributed by atoms with Crippen LogP contribution in [0.5, 0.6) is 0 Å². The molecule has 0 amide bonds. The summed E-state index contributed by atoms with van der Waals surface area (Å²) in [5.74, 6) is -4.26. The van der Waals surface area contributed by atoms with Crippen LogP contribution in [-0.4, -0.2) is 76.7 Å². The van der Waals surface area contributed by atoms with E-state index in [0.29, 0.717) is 12.8 Å². The summed E-state index contributed by atoms with van der Waals surface area (Å²) in [5.41, 5.74) is 0. The average Bonchev–Trinajstić information content (AvgIpc) is 2.57. The molecule has 0 heterocycles. The Hall–Kier alpha value is 2.94. The molecular formula is C17H27K3N2O7. The molecule has 9 nitrogen and oxygen atoms in total. The van der Waals surface area contributed by atoms with Gasteiger partial charge in [-0.25, -0.2) is 0 Å². The first-order valence-electron chi connectivity index (χ1n) is 8.44. The Balaban J connectivity index is -0.00000104. The molecule has 0 aromatic heterocycles. The summed E-state index contributed by atoms with van der Waals surface area (Å²) in [6.07, 6.45) is 1.74. The van der Waals surface area contributed by atoms with Gasteiger partial charge in [-0.15, -0.1) is 6.58 Å². The Labute approximate surface area is 300 Å². The van der Waals surface area contributed by atoms with Crippen LogP contribution < -0.4 is 169 Å². The SMILES string of the molecule is C=CCCC(O)CN(CCN(C(C)C(=O)[O-])C(C)C(=O)[O-])C(C)C(=O)[O-].[K+].[K+].[K+]. The van der Waals surface area contributed by atoms with Crippen LogP contribution in [-0.2, 0) is 14.4 Å². The first kappa shape index (κ1) is 39.2. The summed E-state index contributed by atoms with van der Waals surface area (Å²) in [4.78, 5) is 36.0. The summed E-state index contributed by atoms with van der Waals surface area (Å²) >= 11 is 0. The largest absolute Gasteiger partial charge is 1.00 e. The predicted octanol–water partition coefficient (Wildman–Crippen LogP) is -12.7. The summed E-state index contributed by atoms with van der Waals surface area (Å²) in [6, 6.07) is -3.48. The van der Waals surface area contributed by atoms with Crippen molar-refractivity contribution in [2.24, 2.45) is 0 Å². The molecule has 0 fully saturated rings. The van der Waals surface area contributed by atoms with Crippen molar-refractivity contribution >= 4 is 17.9 Å². The first-order chi connectivity index (χ1) is 12.0. The second kappa shape index (κ2) is 21.5. The number of aliphatic hydroxyl groups is 1. The molecular weight excluding hydrogens is 461 g/mol. The second-order valence-corrected chi connectivity index (χ2v) is 6.24. The van der Waals surface area contributed by atoms with Gasteiger partial charge >= 0.3 is 154 Å². The molecule has 0 spiro atoms. The van der Waals surface area contributed by atoms with Crippen molar-refractivity contribution in [2.75, 3.05) is 19.6 Å². The van der Waals surface area contributed by atoms with Gasteiger partial charge in [-0.3, -0.25) is 9.80 Å². The number of aliphatic carboxylic acids is 3. The monoisotopic (exact) mass is 488 g/mol. The number of carboxylic acid groups (broad SMARTS) is 3. The van der Waals surface area contributed by atoms with E-state index >= 15 is 0 Å². The van der Waals surface area contributed by atoms with Gasteiger partial charge in [0.05, 0.1) is 24.0 Å². The first-order valence-corrected chi connectivity index (χ1v) is 8.44. The maximum Gasteiger partial charge on any atom is 1.00 e. The van der Waals surface area contributed by atoms with Gasteiger partial charge in [-0.2, -0.15) is 0 Å². The quantitative estimate of drug-likeness (QED) is 0.186. The molecule has 0 aliphatic rings. The second-order valence-electron chi connectivity index (χ2n) is 6.24. The van der Waals surface area contributed by atoms with Crippen LogP contribution in [0.25, 0.3) is 0 Å². The predicted molar refractivity (Wildman–Crippen MR) is 87.1 cm³/mol. The van der Waals surface area contributed by atoms with Gasteiger partial charge in [0.25, 0.3) is 0 Å². The zero-order valence-corrected chi connectivity index (χ0v) is 27.8. The number of aliphatic hydroxyl groups excluding tert-OH is 1. The minimum Gasteiger partial charge on any atom is -0.548 e. The third-order valence-electron chi connectivity index (χ3n) is 4.36. The molecule has 0 saturated carbocycles. The normalized spacial score (nSPS) is 14.4.